The van der Waals surface area contributed by atoms with Crippen LogP contribution in [0.3, 0.4) is 0 Å². The second-order valence-electron chi connectivity index (χ2n) is 5.35. The topological polar surface area (TPSA) is 56.8 Å². The van der Waals surface area contributed by atoms with Crippen LogP contribution in [0.5, 0.6) is 0 Å². The minimum Gasteiger partial charge on any atom is -0.359 e. The van der Waals surface area contributed by atoms with E-state index in [9.17, 15) is 0 Å². The van der Waals surface area contributed by atoms with Gasteiger partial charge in [0.05, 0.1) is 5.39 Å². The molecule has 2 aromatic rings. The van der Waals surface area contributed by atoms with Crippen molar-refractivity contribution >= 4 is 16.9 Å². The van der Waals surface area contributed by atoms with Crippen LogP contribution >= 0.6 is 0 Å². The predicted octanol–water partition coefficient (Wildman–Crippen LogP) is 1.54. The minimum atomic E-state index is 0.318. The molecule has 0 saturated carbocycles. The van der Waals surface area contributed by atoms with Gasteiger partial charge in [-0.05, 0) is 32.4 Å². The lowest BCUT2D eigenvalue weighted by atomic mass is 9.87. The van der Waals surface area contributed by atoms with Gasteiger partial charge < -0.3 is 15.2 Å². The molecule has 1 fully saturated rings. The lowest BCUT2D eigenvalue weighted by Crippen LogP contribution is -2.55. The van der Waals surface area contributed by atoms with Gasteiger partial charge in [0, 0.05) is 25.3 Å². The zero-order chi connectivity index (χ0) is 12.6. The zero-order valence-electron chi connectivity index (χ0n) is 10.9. The van der Waals surface area contributed by atoms with Gasteiger partial charge in [-0.25, -0.2) is 9.97 Å². The van der Waals surface area contributed by atoms with Crippen LogP contribution in [0.4, 0.5) is 5.82 Å². The van der Waals surface area contributed by atoms with Gasteiger partial charge in [0.25, 0.3) is 0 Å². The van der Waals surface area contributed by atoms with Crippen LogP contribution in [-0.2, 0) is 0 Å². The molecule has 0 unspecified atom stereocenters. The van der Waals surface area contributed by atoms with Crippen LogP contribution in [0, 0.1) is 0 Å². The highest BCUT2D eigenvalue weighted by atomic mass is 15.2. The molecular weight excluding hydrogens is 226 g/mol. The maximum Gasteiger partial charge on any atom is 0.142 e. The van der Waals surface area contributed by atoms with Gasteiger partial charge in [0.15, 0.2) is 0 Å². The highest BCUT2D eigenvalue weighted by Gasteiger charge is 2.30. The Morgan fingerprint density at radius 1 is 1.44 bits per heavy atom. The Labute approximate surface area is 107 Å². The molecule has 3 heterocycles. The molecule has 0 radical (unpaired) electrons. The van der Waals surface area contributed by atoms with Crippen molar-refractivity contribution in [3.63, 3.8) is 0 Å². The van der Waals surface area contributed by atoms with Crippen molar-refractivity contribution in [1.29, 1.82) is 0 Å². The third-order valence-corrected chi connectivity index (χ3v) is 3.92. The van der Waals surface area contributed by atoms with Gasteiger partial charge in [-0.3, -0.25) is 0 Å². The fourth-order valence-electron chi connectivity index (χ4n) is 2.45. The molecule has 1 aliphatic heterocycles. The van der Waals surface area contributed by atoms with Gasteiger partial charge >= 0.3 is 0 Å². The molecule has 1 saturated heterocycles. The second kappa shape index (κ2) is 4.24. The molecule has 0 bridgehead atoms. The van der Waals surface area contributed by atoms with Gasteiger partial charge in [0.2, 0.25) is 0 Å². The molecule has 1 aliphatic rings. The second-order valence-corrected chi connectivity index (χ2v) is 5.35. The summed E-state index contributed by atoms with van der Waals surface area (Å²) in [4.78, 5) is 13.9. The lowest BCUT2D eigenvalue weighted by Gasteiger charge is -2.41. The maximum absolute atomic E-state index is 4.40. The van der Waals surface area contributed by atoms with Crippen molar-refractivity contribution in [3.05, 3.63) is 18.6 Å². The van der Waals surface area contributed by atoms with E-state index in [1.807, 2.05) is 12.3 Å². The Kier molecular flexibility index (Phi) is 2.70. The van der Waals surface area contributed by atoms with E-state index in [-0.39, 0.29) is 0 Å². The Morgan fingerprint density at radius 3 is 3.00 bits per heavy atom. The SMILES string of the molecule is CN(CC[C@]1(C)CCN1)c1ncnc2[nH]ccc12. The number of nitrogens with zero attached hydrogens (tertiary/aromatic N) is 3. The molecular formula is C13H19N5. The molecule has 1 atom stereocenters. The summed E-state index contributed by atoms with van der Waals surface area (Å²) in [6, 6.07) is 2.03. The number of aromatic nitrogens is 3. The third-order valence-electron chi connectivity index (χ3n) is 3.92. The molecule has 0 aromatic carbocycles. The summed E-state index contributed by atoms with van der Waals surface area (Å²) in [5, 5.41) is 4.58. The van der Waals surface area contributed by atoms with Crippen LogP contribution in [0.25, 0.3) is 11.0 Å². The highest BCUT2D eigenvalue weighted by molar-refractivity contribution is 5.87. The summed E-state index contributed by atoms with van der Waals surface area (Å²) in [6.07, 6.45) is 5.93. The van der Waals surface area contributed by atoms with Crippen molar-refractivity contribution in [1.82, 2.24) is 20.3 Å². The van der Waals surface area contributed by atoms with E-state index in [1.165, 1.54) is 6.42 Å². The first-order chi connectivity index (χ1) is 8.68. The smallest absolute Gasteiger partial charge is 0.142 e. The van der Waals surface area contributed by atoms with Crippen LogP contribution in [-0.4, -0.2) is 40.6 Å². The number of anilines is 1. The van der Waals surface area contributed by atoms with Crippen molar-refractivity contribution in [2.24, 2.45) is 0 Å². The van der Waals surface area contributed by atoms with Crippen LogP contribution < -0.4 is 10.2 Å². The van der Waals surface area contributed by atoms with Gasteiger partial charge in [-0.1, -0.05) is 0 Å². The molecule has 2 aromatic heterocycles. The third kappa shape index (κ3) is 1.95. The first-order valence-corrected chi connectivity index (χ1v) is 6.42. The Balaban J connectivity index is 1.75. The monoisotopic (exact) mass is 245 g/mol. The summed E-state index contributed by atoms with van der Waals surface area (Å²) in [6.45, 7) is 4.44. The molecule has 0 aliphatic carbocycles. The number of H-pyrrole nitrogens is 1. The zero-order valence-corrected chi connectivity index (χ0v) is 10.9. The number of fused-ring (bicyclic) bond motifs is 1. The molecule has 3 rings (SSSR count). The van der Waals surface area contributed by atoms with E-state index >= 15 is 0 Å². The van der Waals surface area contributed by atoms with E-state index in [0.29, 0.717) is 5.54 Å². The summed E-state index contributed by atoms with van der Waals surface area (Å²) in [5.41, 5.74) is 1.22. The highest BCUT2D eigenvalue weighted by Crippen LogP contribution is 2.25. The van der Waals surface area contributed by atoms with E-state index in [1.54, 1.807) is 6.33 Å². The number of rotatable bonds is 4. The molecule has 96 valence electrons. The number of aromatic amines is 1. The minimum absolute atomic E-state index is 0.318. The summed E-state index contributed by atoms with van der Waals surface area (Å²) < 4.78 is 0. The van der Waals surface area contributed by atoms with Crippen LogP contribution in [0.1, 0.15) is 19.8 Å². The number of hydrogen-bond acceptors (Lipinski definition) is 4. The van der Waals surface area contributed by atoms with Gasteiger partial charge in [0.1, 0.15) is 17.8 Å². The van der Waals surface area contributed by atoms with Gasteiger partial charge in [-0.15, -0.1) is 0 Å². The van der Waals surface area contributed by atoms with E-state index in [2.05, 4.69) is 39.1 Å². The van der Waals surface area contributed by atoms with E-state index in [4.69, 9.17) is 0 Å². The lowest BCUT2D eigenvalue weighted by molar-refractivity contribution is 0.219. The van der Waals surface area contributed by atoms with E-state index < -0.39 is 0 Å². The number of nitrogens with one attached hydrogen (secondary N) is 2. The standard InChI is InChI=1S/C13H19N5/c1-13(4-7-17-13)5-8-18(2)12-10-3-6-14-11(10)15-9-16-12/h3,6,9,17H,4-5,7-8H2,1-2H3,(H,14,15,16)/t13-/m0/s1. The van der Waals surface area contributed by atoms with Crippen molar-refractivity contribution in [3.8, 4) is 0 Å². The normalized spacial score (nSPS) is 23.0. The summed E-state index contributed by atoms with van der Waals surface area (Å²) in [5.74, 6) is 1.00. The molecule has 2 N–H and O–H groups in total. The number of hydrogen-bond donors (Lipinski definition) is 2. The first-order valence-electron chi connectivity index (χ1n) is 6.42. The van der Waals surface area contributed by atoms with Crippen LogP contribution in [0.15, 0.2) is 18.6 Å². The fraction of sp³-hybridized carbons (Fsp3) is 0.538. The molecule has 18 heavy (non-hydrogen) atoms. The fourth-order valence-corrected chi connectivity index (χ4v) is 2.45. The van der Waals surface area contributed by atoms with E-state index in [0.717, 1.165) is 36.4 Å². The van der Waals surface area contributed by atoms with Crippen molar-refractivity contribution in [2.75, 3.05) is 25.0 Å². The molecule has 0 spiro atoms. The summed E-state index contributed by atoms with van der Waals surface area (Å²) in [7, 11) is 2.09. The Hall–Kier alpha value is -1.62. The largest absolute Gasteiger partial charge is 0.359 e. The Bertz CT molecular complexity index is 543. The van der Waals surface area contributed by atoms with Crippen molar-refractivity contribution < 1.29 is 0 Å². The maximum atomic E-state index is 4.40. The molecule has 0 amide bonds. The quantitative estimate of drug-likeness (QED) is 0.858. The first kappa shape index (κ1) is 11.5. The average Bonchev–Trinajstić information content (AvgIpc) is 2.81. The Morgan fingerprint density at radius 2 is 2.28 bits per heavy atom. The predicted molar refractivity (Wildman–Crippen MR) is 72.8 cm³/mol. The van der Waals surface area contributed by atoms with Crippen molar-refractivity contribution in [2.45, 2.75) is 25.3 Å². The molecule has 5 nitrogen and oxygen atoms in total. The van der Waals surface area contributed by atoms with Crippen LogP contribution in [0.2, 0.25) is 0 Å². The van der Waals surface area contributed by atoms with Gasteiger partial charge in [-0.2, -0.15) is 0 Å². The average molecular weight is 245 g/mol. The summed E-state index contributed by atoms with van der Waals surface area (Å²) >= 11 is 0. The molecule has 5 heteroatoms.